The van der Waals surface area contributed by atoms with Gasteiger partial charge in [-0.1, -0.05) is 15.9 Å². The van der Waals surface area contributed by atoms with E-state index in [0.29, 0.717) is 5.56 Å². The first-order valence-corrected chi connectivity index (χ1v) is 7.20. The molecule has 0 aliphatic carbocycles. The zero-order valence-electron chi connectivity index (χ0n) is 9.90. The summed E-state index contributed by atoms with van der Waals surface area (Å²) in [4.78, 5) is 5.51. The van der Waals surface area contributed by atoms with Crippen molar-refractivity contribution in [3.05, 3.63) is 44.3 Å². The number of rotatable bonds is 4. The van der Waals surface area contributed by atoms with E-state index in [0.717, 1.165) is 28.8 Å². The number of hydrogen-bond acceptors (Lipinski definition) is 4. The average molecular weight is 322 g/mol. The van der Waals surface area contributed by atoms with Crippen LogP contribution in [-0.4, -0.2) is 11.5 Å². The van der Waals surface area contributed by atoms with E-state index < -0.39 is 0 Å². The molecule has 0 saturated heterocycles. The molecule has 2 rings (SSSR count). The minimum Gasteiger partial charge on any atom is -0.384 e. The molecule has 0 fully saturated rings. The van der Waals surface area contributed by atoms with E-state index in [9.17, 15) is 0 Å². The Hall–Kier alpha value is -1.38. The summed E-state index contributed by atoms with van der Waals surface area (Å²) >= 11 is 5.03. The highest BCUT2D eigenvalue weighted by Crippen LogP contribution is 2.20. The number of aromatic nitrogens is 1. The fourth-order valence-electron chi connectivity index (χ4n) is 1.64. The molecule has 2 aromatic rings. The molecule has 0 spiro atoms. The van der Waals surface area contributed by atoms with Crippen molar-refractivity contribution in [2.24, 2.45) is 0 Å². The Bertz CT molecular complexity index is 586. The first kappa shape index (κ1) is 13.1. The Morgan fingerprint density at radius 1 is 1.50 bits per heavy atom. The third-order valence-electron chi connectivity index (χ3n) is 2.61. The smallest absolute Gasteiger partial charge is 0.101 e. The van der Waals surface area contributed by atoms with Crippen LogP contribution in [0.4, 0.5) is 5.69 Å². The maximum absolute atomic E-state index is 9.05. The predicted octanol–water partition coefficient (Wildman–Crippen LogP) is 3.74. The molecule has 0 amide bonds. The normalized spacial score (nSPS) is 10.1. The van der Waals surface area contributed by atoms with Crippen LogP contribution < -0.4 is 5.32 Å². The largest absolute Gasteiger partial charge is 0.384 e. The summed E-state index contributed by atoms with van der Waals surface area (Å²) in [7, 11) is 0. The van der Waals surface area contributed by atoms with Crippen molar-refractivity contribution in [1.29, 1.82) is 5.26 Å². The van der Waals surface area contributed by atoms with Crippen LogP contribution >= 0.6 is 27.3 Å². The van der Waals surface area contributed by atoms with Gasteiger partial charge in [-0.05, 0) is 25.1 Å². The zero-order chi connectivity index (χ0) is 13.0. The Labute approximate surface area is 119 Å². The molecular weight excluding hydrogens is 310 g/mol. The van der Waals surface area contributed by atoms with Gasteiger partial charge in [0.1, 0.15) is 6.07 Å². The van der Waals surface area contributed by atoms with Gasteiger partial charge in [-0.2, -0.15) is 5.26 Å². The van der Waals surface area contributed by atoms with E-state index in [1.165, 1.54) is 4.88 Å². The molecule has 0 bridgehead atoms. The second kappa shape index (κ2) is 5.98. The highest BCUT2D eigenvalue weighted by Gasteiger charge is 2.04. The molecule has 0 radical (unpaired) electrons. The third-order valence-corrected chi connectivity index (χ3v) is 4.10. The van der Waals surface area contributed by atoms with Crippen LogP contribution in [0, 0.1) is 18.3 Å². The lowest BCUT2D eigenvalue weighted by Gasteiger charge is -2.08. The van der Waals surface area contributed by atoms with Crippen LogP contribution in [0.25, 0.3) is 0 Å². The summed E-state index contributed by atoms with van der Waals surface area (Å²) in [6.45, 7) is 2.82. The fraction of sp³-hybridized carbons (Fsp3) is 0.231. The van der Waals surface area contributed by atoms with Crippen molar-refractivity contribution >= 4 is 33.0 Å². The van der Waals surface area contributed by atoms with Gasteiger partial charge in [0.2, 0.25) is 0 Å². The maximum Gasteiger partial charge on any atom is 0.101 e. The summed E-state index contributed by atoms with van der Waals surface area (Å²) in [6.07, 6.45) is 0.928. The number of anilines is 1. The van der Waals surface area contributed by atoms with Crippen LogP contribution in [0.2, 0.25) is 0 Å². The molecule has 1 heterocycles. The van der Waals surface area contributed by atoms with Gasteiger partial charge in [0.05, 0.1) is 22.5 Å². The number of nitriles is 1. The van der Waals surface area contributed by atoms with Crippen LogP contribution in [0.3, 0.4) is 0 Å². The van der Waals surface area contributed by atoms with Crippen molar-refractivity contribution in [2.75, 3.05) is 11.9 Å². The Morgan fingerprint density at radius 3 is 3.00 bits per heavy atom. The second-order valence-corrected chi connectivity index (χ2v) is 5.69. The van der Waals surface area contributed by atoms with Gasteiger partial charge in [0.15, 0.2) is 0 Å². The van der Waals surface area contributed by atoms with Crippen molar-refractivity contribution in [1.82, 2.24) is 4.98 Å². The molecule has 1 aromatic heterocycles. The van der Waals surface area contributed by atoms with Crippen molar-refractivity contribution in [3.8, 4) is 6.07 Å². The van der Waals surface area contributed by atoms with Gasteiger partial charge in [0.25, 0.3) is 0 Å². The lowest BCUT2D eigenvalue weighted by molar-refractivity contribution is 1.02. The summed E-state index contributed by atoms with van der Waals surface area (Å²) in [5.41, 5.74) is 4.50. The summed E-state index contributed by atoms with van der Waals surface area (Å²) in [5.74, 6) is 0. The minimum absolute atomic E-state index is 0.658. The number of halogens is 1. The van der Waals surface area contributed by atoms with Gasteiger partial charge in [-0.3, -0.25) is 0 Å². The molecule has 0 atom stereocenters. The molecule has 0 aliphatic rings. The highest BCUT2D eigenvalue weighted by atomic mass is 79.9. The lowest BCUT2D eigenvalue weighted by Crippen LogP contribution is -2.06. The van der Waals surface area contributed by atoms with Crippen molar-refractivity contribution in [3.63, 3.8) is 0 Å². The minimum atomic E-state index is 0.658. The van der Waals surface area contributed by atoms with Gasteiger partial charge in [0, 0.05) is 22.3 Å². The molecule has 5 heteroatoms. The maximum atomic E-state index is 9.05. The SMILES string of the molecule is Cc1ncsc1CCNc1ccc(Br)cc1C#N. The standard InChI is InChI=1S/C13H12BrN3S/c1-9-13(18-8-17-9)4-5-16-12-3-2-11(14)6-10(12)7-15/h2-3,6,8,16H,4-5H2,1H3. The molecule has 3 nitrogen and oxygen atoms in total. The highest BCUT2D eigenvalue weighted by molar-refractivity contribution is 9.10. The number of aryl methyl sites for hydroxylation is 1. The Balaban J connectivity index is 1.99. The summed E-state index contributed by atoms with van der Waals surface area (Å²) in [5, 5.41) is 12.3. The van der Waals surface area contributed by atoms with E-state index in [4.69, 9.17) is 5.26 Å². The van der Waals surface area contributed by atoms with Crippen LogP contribution in [0.5, 0.6) is 0 Å². The number of hydrogen-bond donors (Lipinski definition) is 1. The topological polar surface area (TPSA) is 48.7 Å². The van der Waals surface area contributed by atoms with E-state index in [2.05, 4.69) is 32.3 Å². The van der Waals surface area contributed by atoms with Crippen LogP contribution in [0.1, 0.15) is 16.1 Å². The van der Waals surface area contributed by atoms with E-state index in [1.54, 1.807) is 11.3 Å². The molecular formula is C13H12BrN3S. The van der Waals surface area contributed by atoms with E-state index in [1.807, 2.05) is 30.6 Å². The molecule has 0 unspecified atom stereocenters. The molecule has 0 saturated carbocycles. The number of benzene rings is 1. The quantitative estimate of drug-likeness (QED) is 0.933. The Kier molecular flexibility index (Phi) is 4.34. The average Bonchev–Trinajstić information content (AvgIpc) is 2.77. The molecule has 18 heavy (non-hydrogen) atoms. The monoisotopic (exact) mass is 321 g/mol. The molecule has 0 aliphatic heterocycles. The summed E-state index contributed by atoms with van der Waals surface area (Å²) in [6, 6.07) is 7.86. The third kappa shape index (κ3) is 3.09. The predicted molar refractivity (Wildman–Crippen MR) is 77.9 cm³/mol. The van der Waals surface area contributed by atoms with Gasteiger partial charge >= 0.3 is 0 Å². The van der Waals surface area contributed by atoms with Crippen molar-refractivity contribution in [2.45, 2.75) is 13.3 Å². The van der Waals surface area contributed by atoms with Gasteiger partial charge < -0.3 is 5.32 Å². The number of nitrogens with zero attached hydrogens (tertiary/aromatic N) is 2. The molecule has 92 valence electrons. The summed E-state index contributed by atoms with van der Waals surface area (Å²) < 4.78 is 0.919. The van der Waals surface area contributed by atoms with Crippen molar-refractivity contribution < 1.29 is 0 Å². The first-order chi connectivity index (χ1) is 8.70. The van der Waals surface area contributed by atoms with Crippen LogP contribution in [0.15, 0.2) is 28.2 Å². The molecule has 1 N–H and O–H groups in total. The van der Waals surface area contributed by atoms with E-state index in [-0.39, 0.29) is 0 Å². The second-order valence-electron chi connectivity index (χ2n) is 3.84. The van der Waals surface area contributed by atoms with Gasteiger partial charge in [-0.25, -0.2) is 4.98 Å². The fourth-order valence-corrected chi connectivity index (χ4v) is 2.78. The van der Waals surface area contributed by atoms with Gasteiger partial charge in [-0.15, -0.1) is 11.3 Å². The zero-order valence-corrected chi connectivity index (χ0v) is 12.3. The van der Waals surface area contributed by atoms with E-state index >= 15 is 0 Å². The number of thiazole rings is 1. The van der Waals surface area contributed by atoms with Crippen LogP contribution in [-0.2, 0) is 6.42 Å². The lowest BCUT2D eigenvalue weighted by atomic mass is 10.2. The molecule has 1 aromatic carbocycles. The first-order valence-electron chi connectivity index (χ1n) is 5.53. The number of nitrogens with one attached hydrogen (secondary N) is 1. The Morgan fingerprint density at radius 2 is 2.33 bits per heavy atom.